The molecule has 2 aromatic rings. The van der Waals surface area contributed by atoms with E-state index in [1.54, 1.807) is 0 Å². The number of aryl methyl sites for hydroxylation is 3. The molecule has 1 N–H and O–H groups in total. The second-order valence-corrected chi connectivity index (χ2v) is 4.77. The summed E-state index contributed by atoms with van der Waals surface area (Å²) in [6, 6.07) is 7.53. The number of hydrogen-bond acceptors (Lipinski definition) is 5. The van der Waals surface area contributed by atoms with Crippen LogP contribution >= 0.6 is 0 Å². The molecule has 1 aromatic heterocycles. The van der Waals surface area contributed by atoms with Gasteiger partial charge in [-0.2, -0.15) is 10.2 Å². The van der Waals surface area contributed by atoms with Crippen LogP contribution in [0.25, 0.3) is 0 Å². The minimum atomic E-state index is -0.682. The number of rotatable bonds is 4. The molecule has 0 atom stereocenters. The van der Waals surface area contributed by atoms with Crippen molar-refractivity contribution in [3.8, 4) is 0 Å². The van der Waals surface area contributed by atoms with E-state index in [2.05, 4.69) is 15.6 Å². The first-order valence-corrected chi connectivity index (χ1v) is 6.48. The number of carbonyl (C=O) groups excluding carboxylic acids is 1. The molecule has 0 fully saturated rings. The summed E-state index contributed by atoms with van der Waals surface area (Å²) in [4.78, 5) is 22.5. The SMILES string of the molecule is Cc1ccc(C=NNC(=O)c2c([N+](=O)[O-])c(C)nn2C)cc1. The van der Waals surface area contributed by atoms with Crippen molar-refractivity contribution in [2.75, 3.05) is 0 Å². The molecule has 0 aliphatic carbocycles. The quantitative estimate of drug-likeness (QED) is 0.527. The van der Waals surface area contributed by atoms with E-state index in [0.29, 0.717) is 0 Å². The number of nitrogens with one attached hydrogen (secondary N) is 1. The lowest BCUT2D eigenvalue weighted by atomic mass is 10.2. The number of carbonyl (C=O) groups is 1. The van der Waals surface area contributed by atoms with Crippen LogP contribution in [-0.4, -0.2) is 26.8 Å². The Morgan fingerprint density at radius 1 is 1.36 bits per heavy atom. The summed E-state index contributed by atoms with van der Waals surface area (Å²) >= 11 is 0. The van der Waals surface area contributed by atoms with Gasteiger partial charge in [-0.25, -0.2) is 5.43 Å². The van der Waals surface area contributed by atoms with Crippen LogP contribution in [0.5, 0.6) is 0 Å². The molecule has 8 nitrogen and oxygen atoms in total. The van der Waals surface area contributed by atoms with E-state index in [1.165, 1.54) is 24.9 Å². The molecule has 1 amide bonds. The van der Waals surface area contributed by atoms with Gasteiger partial charge < -0.3 is 0 Å². The first kappa shape index (κ1) is 15.4. The van der Waals surface area contributed by atoms with Crippen LogP contribution in [0.1, 0.15) is 27.3 Å². The minimum absolute atomic E-state index is 0.136. The zero-order chi connectivity index (χ0) is 16.3. The monoisotopic (exact) mass is 301 g/mol. The van der Waals surface area contributed by atoms with Crippen molar-refractivity contribution in [3.63, 3.8) is 0 Å². The van der Waals surface area contributed by atoms with Gasteiger partial charge in [0.15, 0.2) is 0 Å². The molecule has 114 valence electrons. The van der Waals surface area contributed by atoms with E-state index in [0.717, 1.165) is 11.1 Å². The number of aromatic nitrogens is 2. The Hall–Kier alpha value is -3.03. The highest BCUT2D eigenvalue weighted by Gasteiger charge is 2.28. The number of hydrogen-bond donors (Lipinski definition) is 1. The van der Waals surface area contributed by atoms with Gasteiger partial charge in [0.1, 0.15) is 5.69 Å². The average molecular weight is 301 g/mol. The van der Waals surface area contributed by atoms with Gasteiger partial charge in [-0.3, -0.25) is 19.6 Å². The summed E-state index contributed by atoms with van der Waals surface area (Å²) in [6.07, 6.45) is 1.46. The Kier molecular flexibility index (Phi) is 4.31. The van der Waals surface area contributed by atoms with Crippen LogP contribution in [0.2, 0.25) is 0 Å². The van der Waals surface area contributed by atoms with Crippen molar-refractivity contribution < 1.29 is 9.72 Å². The maximum absolute atomic E-state index is 12.1. The lowest BCUT2D eigenvalue weighted by Gasteiger charge is -2.00. The topological polar surface area (TPSA) is 102 Å². The zero-order valence-corrected chi connectivity index (χ0v) is 12.4. The fourth-order valence-electron chi connectivity index (χ4n) is 1.99. The summed E-state index contributed by atoms with van der Waals surface area (Å²) in [6.45, 7) is 3.44. The molecule has 0 unspecified atom stereocenters. The first-order valence-electron chi connectivity index (χ1n) is 6.48. The smallest absolute Gasteiger partial charge is 0.265 e. The molecule has 1 aromatic carbocycles. The molecule has 0 radical (unpaired) electrons. The average Bonchev–Trinajstić information content (AvgIpc) is 2.75. The second kappa shape index (κ2) is 6.17. The maximum atomic E-state index is 12.1. The van der Waals surface area contributed by atoms with Gasteiger partial charge >= 0.3 is 5.69 Å². The van der Waals surface area contributed by atoms with Gasteiger partial charge in [-0.15, -0.1) is 0 Å². The molecular formula is C14H15N5O3. The van der Waals surface area contributed by atoms with E-state index < -0.39 is 10.8 Å². The predicted octanol–water partition coefficient (Wildman–Crippen LogP) is 1.71. The second-order valence-electron chi connectivity index (χ2n) is 4.77. The van der Waals surface area contributed by atoms with Gasteiger partial charge in [-0.1, -0.05) is 29.8 Å². The third-order valence-electron chi connectivity index (χ3n) is 3.05. The Bertz CT molecular complexity index is 747. The third-order valence-corrected chi connectivity index (χ3v) is 3.05. The number of benzene rings is 1. The van der Waals surface area contributed by atoms with Crippen LogP contribution in [0.4, 0.5) is 5.69 Å². The molecule has 0 saturated heterocycles. The van der Waals surface area contributed by atoms with E-state index >= 15 is 0 Å². The number of nitrogens with zero attached hydrogens (tertiary/aromatic N) is 4. The summed E-state index contributed by atoms with van der Waals surface area (Å²) in [5.74, 6) is -0.682. The van der Waals surface area contributed by atoms with E-state index in [4.69, 9.17) is 0 Å². The van der Waals surface area contributed by atoms with Crippen LogP contribution < -0.4 is 5.43 Å². The molecule has 8 heteroatoms. The number of hydrazone groups is 1. The fraction of sp³-hybridized carbons (Fsp3) is 0.214. The highest BCUT2D eigenvalue weighted by molar-refractivity contribution is 5.97. The molecule has 0 bridgehead atoms. The van der Waals surface area contributed by atoms with Crippen molar-refractivity contribution in [2.45, 2.75) is 13.8 Å². The normalized spacial score (nSPS) is 10.9. The van der Waals surface area contributed by atoms with Crippen LogP contribution in [0.3, 0.4) is 0 Å². The van der Waals surface area contributed by atoms with Gasteiger partial charge in [0, 0.05) is 7.05 Å². The van der Waals surface area contributed by atoms with Gasteiger partial charge in [0.2, 0.25) is 5.69 Å². The van der Waals surface area contributed by atoms with Crippen molar-refractivity contribution in [1.82, 2.24) is 15.2 Å². The number of amides is 1. The first-order chi connectivity index (χ1) is 10.4. The molecular weight excluding hydrogens is 286 g/mol. The molecule has 22 heavy (non-hydrogen) atoms. The third kappa shape index (κ3) is 3.17. The number of nitro groups is 1. The molecule has 2 rings (SSSR count). The molecule has 0 spiro atoms. The highest BCUT2D eigenvalue weighted by Crippen LogP contribution is 2.21. The van der Waals surface area contributed by atoms with Crippen molar-refractivity contribution in [1.29, 1.82) is 0 Å². The van der Waals surface area contributed by atoms with Gasteiger partial charge in [0.25, 0.3) is 5.91 Å². The Morgan fingerprint density at radius 3 is 2.59 bits per heavy atom. The maximum Gasteiger partial charge on any atom is 0.322 e. The summed E-state index contributed by atoms with van der Waals surface area (Å²) < 4.78 is 1.17. The summed E-state index contributed by atoms with van der Waals surface area (Å²) in [5, 5.41) is 18.7. The lowest BCUT2D eigenvalue weighted by Crippen LogP contribution is -2.22. The predicted molar refractivity (Wildman–Crippen MR) is 80.8 cm³/mol. The van der Waals surface area contributed by atoms with Crippen LogP contribution in [0.15, 0.2) is 29.4 Å². The van der Waals surface area contributed by atoms with Crippen molar-refractivity contribution in [2.24, 2.45) is 12.1 Å². The Balaban J connectivity index is 2.16. The summed E-state index contributed by atoms with van der Waals surface area (Å²) in [5.41, 5.74) is 3.93. The molecule has 1 heterocycles. The van der Waals surface area contributed by atoms with Crippen molar-refractivity contribution in [3.05, 3.63) is 56.9 Å². The molecule has 0 aliphatic heterocycles. The van der Waals surface area contributed by atoms with E-state index in [9.17, 15) is 14.9 Å². The Labute approximate surface area is 126 Å². The van der Waals surface area contributed by atoms with Crippen molar-refractivity contribution >= 4 is 17.8 Å². The van der Waals surface area contributed by atoms with Crippen LogP contribution in [0, 0.1) is 24.0 Å². The van der Waals surface area contributed by atoms with E-state index in [1.807, 2.05) is 31.2 Å². The standard InChI is InChI=1S/C14H15N5O3/c1-9-4-6-11(7-5-9)8-15-16-14(20)13-12(19(21)22)10(2)17-18(13)3/h4-8H,1-3H3,(H,16,20). The summed E-state index contributed by atoms with van der Waals surface area (Å²) in [7, 11) is 1.47. The Morgan fingerprint density at radius 2 is 2.00 bits per heavy atom. The largest absolute Gasteiger partial charge is 0.322 e. The van der Waals surface area contributed by atoms with E-state index in [-0.39, 0.29) is 17.1 Å². The minimum Gasteiger partial charge on any atom is -0.265 e. The molecule has 0 aliphatic rings. The highest BCUT2D eigenvalue weighted by atomic mass is 16.6. The molecule has 0 saturated carbocycles. The van der Waals surface area contributed by atoms with Gasteiger partial charge in [0.05, 0.1) is 11.1 Å². The lowest BCUT2D eigenvalue weighted by molar-refractivity contribution is -0.385. The van der Waals surface area contributed by atoms with Gasteiger partial charge in [-0.05, 0) is 19.4 Å². The van der Waals surface area contributed by atoms with Crippen LogP contribution in [-0.2, 0) is 7.05 Å². The zero-order valence-electron chi connectivity index (χ0n) is 12.4. The fourth-order valence-corrected chi connectivity index (χ4v) is 1.99.